The van der Waals surface area contributed by atoms with Crippen molar-refractivity contribution >= 4 is 74.3 Å². The molecule has 2 N–H and O–H groups in total. The first-order valence-electron chi connectivity index (χ1n) is 20.1. The lowest BCUT2D eigenvalue weighted by Gasteiger charge is -2.56. The van der Waals surface area contributed by atoms with Gasteiger partial charge < -0.3 is 34.5 Å². The molecule has 312 valence electrons. The predicted molar refractivity (Wildman–Crippen MR) is 236 cm³/mol. The second-order valence-corrected chi connectivity index (χ2v) is 21.4. The zero-order valence-electron chi connectivity index (χ0n) is 34.8. The number of likely N-dealkylation sites (tertiary alicyclic amines) is 1. The van der Waals surface area contributed by atoms with Crippen LogP contribution in [0.5, 0.6) is 5.75 Å². The minimum atomic E-state index is -2.79. The second-order valence-electron chi connectivity index (χ2n) is 17.4. The number of piperidine rings is 1. The summed E-state index contributed by atoms with van der Waals surface area (Å²) >= 11 is 3.61. The highest BCUT2D eigenvalue weighted by atomic mass is 79.9. The van der Waals surface area contributed by atoms with Crippen molar-refractivity contribution in [1.29, 1.82) is 0 Å². The number of carbonyl (C=O) groups excluding carboxylic acids is 1. The molecule has 15 nitrogen and oxygen atoms in total. The SMILES string of the molecule is COc1cc(N2CCN(C3CC4(CCN(C(=O)OC(C)(C)C)CC4)C3)CC2)c(-c2cnn(C)c2)cc1Nc1ncc(Br)c(Nc2ccc3nccnc3c2P(C)(C)=O)n1. The fourth-order valence-electron chi connectivity index (χ4n) is 8.74. The van der Waals surface area contributed by atoms with E-state index < -0.39 is 12.7 Å². The molecule has 3 aromatic heterocycles. The number of hydrogen-bond donors (Lipinski definition) is 2. The number of carbonyl (C=O) groups is 1. The van der Waals surface area contributed by atoms with Crippen LogP contribution in [-0.4, -0.2) is 117 Å². The lowest BCUT2D eigenvalue weighted by atomic mass is 9.60. The van der Waals surface area contributed by atoms with Gasteiger partial charge >= 0.3 is 6.09 Å². The van der Waals surface area contributed by atoms with E-state index in [0.717, 1.165) is 68.9 Å². The van der Waals surface area contributed by atoms with Crippen LogP contribution in [0, 0.1) is 5.41 Å². The minimum absolute atomic E-state index is 0.191. The number of fused-ring (bicyclic) bond motifs is 1. The lowest BCUT2D eigenvalue weighted by Crippen LogP contribution is -2.59. The van der Waals surface area contributed by atoms with Gasteiger partial charge in [0.25, 0.3) is 0 Å². The molecule has 0 atom stereocenters. The highest BCUT2D eigenvalue weighted by Crippen LogP contribution is 2.51. The monoisotopic (exact) mass is 885 g/mol. The largest absolute Gasteiger partial charge is 0.494 e. The molecule has 1 amide bonds. The molecule has 2 saturated heterocycles. The van der Waals surface area contributed by atoms with Crippen molar-refractivity contribution < 1.29 is 18.8 Å². The third-order valence-electron chi connectivity index (χ3n) is 11.7. The standard InChI is InChI=1S/C42H53BrN11O4P/c1-41(2,3)58-40(55)54-14-10-42(11-15-54)22-28(23-42)52-16-18-53(19-17-52)34-21-35(57-5)33(20-29(34)27-24-47-51(4)26-27)49-39-46-25-30(43)38(50-39)48-32-9-8-31-36(45-13-12-44-31)37(32)59(6,7)56/h8-9,12-13,20-21,24-26,28H,10-11,14-19,22-23H2,1-7H3,(H2,46,48,49,50). The highest BCUT2D eigenvalue weighted by molar-refractivity contribution is 9.10. The van der Waals surface area contributed by atoms with E-state index in [1.807, 2.05) is 61.9 Å². The first-order chi connectivity index (χ1) is 28.1. The van der Waals surface area contributed by atoms with Crippen LogP contribution in [0.25, 0.3) is 22.2 Å². The van der Waals surface area contributed by atoms with Crippen LogP contribution in [-0.2, 0) is 16.3 Å². The summed E-state index contributed by atoms with van der Waals surface area (Å²) in [4.78, 5) is 38.0. The van der Waals surface area contributed by atoms with Crippen LogP contribution < -0.4 is 25.6 Å². The number of piperazine rings is 1. The molecule has 2 aromatic carbocycles. The zero-order valence-corrected chi connectivity index (χ0v) is 37.3. The summed E-state index contributed by atoms with van der Waals surface area (Å²) in [5.41, 5.74) is 5.55. The van der Waals surface area contributed by atoms with Crippen molar-refractivity contribution in [2.75, 3.05) is 75.2 Å². The van der Waals surface area contributed by atoms with E-state index in [4.69, 9.17) is 14.5 Å². The molecule has 1 spiro atoms. The van der Waals surface area contributed by atoms with E-state index in [1.54, 1.807) is 39.0 Å². The van der Waals surface area contributed by atoms with Crippen molar-refractivity contribution in [3.05, 3.63) is 59.7 Å². The van der Waals surface area contributed by atoms with Gasteiger partial charge in [0.15, 0.2) is 0 Å². The Kier molecular flexibility index (Phi) is 11.1. The number of ether oxygens (including phenoxy) is 2. The van der Waals surface area contributed by atoms with Gasteiger partial charge in [0.2, 0.25) is 5.95 Å². The highest BCUT2D eigenvalue weighted by Gasteiger charge is 2.49. The van der Waals surface area contributed by atoms with Gasteiger partial charge in [-0.25, -0.2) is 9.78 Å². The van der Waals surface area contributed by atoms with E-state index in [1.165, 1.54) is 12.8 Å². The van der Waals surface area contributed by atoms with Gasteiger partial charge in [-0.05, 0) is 99.3 Å². The molecule has 1 aliphatic carbocycles. The van der Waals surface area contributed by atoms with Crippen LogP contribution in [0.1, 0.15) is 46.5 Å². The summed E-state index contributed by atoms with van der Waals surface area (Å²) in [5.74, 6) is 1.49. The quantitative estimate of drug-likeness (QED) is 0.140. The zero-order chi connectivity index (χ0) is 41.7. The Bertz CT molecular complexity index is 2410. The maximum Gasteiger partial charge on any atom is 0.410 e. The van der Waals surface area contributed by atoms with E-state index >= 15 is 0 Å². The molecule has 0 radical (unpaired) electrons. The van der Waals surface area contributed by atoms with Gasteiger partial charge in [-0.1, -0.05) is 0 Å². The summed E-state index contributed by atoms with van der Waals surface area (Å²) in [6.07, 6.45) is 13.1. The van der Waals surface area contributed by atoms with Crippen LogP contribution in [0.2, 0.25) is 0 Å². The summed E-state index contributed by atoms with van der Waals surface area (Å²) < 4.78 is 27.7. The van der Waals surface area contributed by atoms with Gasteiger partial charge in [0.05, 0.1) is 40.0 Å². The van der Waals surface area contributed by atoms with Crippen LogP contribution >= 0.6 is 23.1 Å². The number of nitrogens with one attached hydrogen (secondary N) is 2. The van der Waals surface area contributed by atoms with Gasteiger partial charge in [-0.3, -0.25) is 19.5 Å². The number of anilines is 5. The van der Waals surface area contributed by atoms with Crippen molar-refractivity contribution in [2.24, 2.45) is 12.5 Å². The Balaban J connectivity index is 0.980. The van der Waals surface area contributed by atoms with E-state index in [2.05, 4.69) is 68.5 Å². The Morgan fingerprint density at radius 1 is 0.949 bits per heavy atom. The summed E-state index contributed by atoms with van der Waals surface area (Å²) in [6.45, 7) is 14.5. The maximum atomic E-state index is 13.6. The third kappa shape index (κ3) is 8.76. The van der Waals surface area contributed by atoms with Crippen molar-refractivity contribution in [2.45, 2.75) is 58.1 Å². The van der Waals surface area contributed by atoms with Gasteiger partial charge in [0.1, 0.15) is 29.8 Å². The van der Waals surface area contributed by atoms with Gasteiger partial charge in [-0.15, -0.1) is 0 Å². The molecular weight excluding hydrogens is 833 g/mol. The predicted octanol–water partition coefficient (Wildman–Crippen LogP) is 7.63. The number of halogens is 1. The third-order valence-corrected chi connectivity index (χ3v) is 13.8. The Labute approximate surface area is 353 Å². The van der Waals surface area contributed by atoms with Gasteiger partial charge in [0, 0.05) is 100 Å². The molecular formula is C42H53BrN11O4P. The van der Waals surface area contributed by atoms with Crippen molar-refractivity contribution in [3.8, 4) is 16.9 Å². The molecule has 1 saturated carbocycles. The summed E-state index contributed by atoms with van der Waals surface area (Å²) in [7, 11) is 0.804. The molecule has 5 aromatic rings. The average Bonchev–Trinajstić information content (AvgIpc) is 3.62. The minimum Gasteiger partial charge on any atom is -0.494 e. The number of nitrogens with zero attached hydrogens (tertiary/aromatic N) is 9. The number of aromatic nitrogens is 6. The molecule has 59 heavy (non-hydrogen) atoms. The number of aryl methyl sites for hydroxylation is 1. The average molecular weight is 887 g/mol. The Morgan fingerprint density at radius 3 is 2.34 bits per heavy atom. The Morgan fingerprint density at radius 2 is 1.68 bits per heavy atom. The summed E-state index contributed by atoms with van der Waals surface area (Å²) in [5, 5.41) is 11.9. The molecule has 3 fully saturated rings. The number of rotatable bonds is 9. The van der Waals surface area contributed by atoms with E-state index in [0.29, 0.717) is 61.2 Å². The molecule has 2 aliphatic heterocycles. The number of benzene rings is 2. The first kappa shape index (κ1) is 41.0. The smallest absolute Gasteiger partial charge is 0.410 e. The van der Waals surface area contributed by atoms with Crippen LogP contribution in [0.3, 0.4) is 0 Å². The van der Waals surface area contributed by atoms with Gasteiger partial charge in [-0.2, -0.15) is 10.1 Å². The molecule has 3 aliphatic rings. The Hall–Kier alpha value is -4.79. The van der Waals surface area contributed by atoms with Crippen LogP contribution in [0.4, 0.5) is 33.6 Å². The number of methoxy groups -OCH3 is 1. The molecule has 0 bridgehead atoms. The maximum absolute atomic E-state index is 13.6. The molecule has 8 rings (SSSR count). The van der Waals surface area contributed by atoms with E-state index in [-0.39, 0.29) is 6.09 Å². The lowest BCUT2D eigenvalue weighted by molar-refractivity contribution is -0.0489. The fraction of sp³-hybridized carbons (Fsp3) is 0.476. The molecule has 17 heteroatoms. The van der Waals surface area contributed by atoms with Crippen molar-refractivity contribution in [1.82, 2.24) is 39.5 Å². The topological polar surface area (TPSA) is 156 Å². The fourth-order valence-corrected chi connectivity index (χ4v) is 10.4. The molecule has 5 heterocycles. The van der Waals surface area contributed by atoms with Crippen LogP contribution in [0.15, 0.2) is 59.7 Å². The molecule has 0 unspecified atom stereocenters. The second kappa shape index (κ2) is 16.0. The first-order valence-corrected chi connectivity index (χ1v) is 23.5. The number of amides is 1. The normalized spacial score (nSPS) is 17.6. The van der Waals surface area contributed by atoms with Crippen molar-refractivity contribution in [3.63, 3.8) is 0 Å². The number of hydrogen-bond acceptors (Lipinski definition) is 13. The summed E-state index contributed by atoms with van der Waals surface area (Å²) in [6, 6.07) is 8.46. The van der Waals surface area contributed by atoms with E-state index in [9.17, 15) is 9.36 Å².